The summed E-state index contributed by atoms with van der Waals surface area (Å²) in [4.78, 5) is 9.54. The SMILES string of the molecule is c1cnc(NCCc2cccs2)nc1. The minimum Gasteiger partial charge on any atom is -0.354 e. The number of hydrogen-bond donors (Lipinski definition) is 1. The van der Waals surface area contributed by atoms with E-state index in [2.05, 4.69) is 32.8 Å². The summed E-state index contributed by atoms with van der Waals surface area (Å²) in [6.45, 7) is 0.879. The van der Waals surface area contributed by atoms with Gasteiger partial charge < -0.3 is 5.32 Å². The van der Waals surface area contributed by atoms with Crippen molar-refractivity contribution in [3.63, 3.8) is 0 Å². The van der Waals surface area contributed by atoms with Crippen molar-refractivity contribution < 1.29 is 0 Å². The van der Waals surface area contributed by atoms with Crippen molar-refractivity contribution in [3.05, 3.63) is 40.8 Å². The van der Waals surface area contributed by atoms with Gasteiger partial charge in [-0.15, -0.1) is 11.3 Å². The molecule has 0 saturated heterocycles. The van der Waals surface area contributed by atoms with Crippen molar-refractivity contribution >= 4 is 17.3 Å². The largest absolute Gasteiger partial charge is 0.354 e. The van der Waals surface area contributed by atoms with Gasteiger partial charge in [0.25, 0.3) is 0 Å². The van der Waals surface area contributed by atoms with Crippen LogP contribution in [0.5, 0.6) is 0 Å². The third-order valence-corrected chi connectivity index (χ3v) is 2.74. The van der Waals surface area contributed by atoms with Gasteiger partial charge in [-0.2, -0.15) is 0 Å². The minimum absolute atomic E-state index is 0.698. The fraction of sp³-hybridized carbons (Fsp3) is 0.200. The zero-order valence-corrected chi connectivity index (χ0v) is 8.50. The van der Waals surface area contributed by atoms with Crippen LogP contribution in [0, 0.1) is 0 Å². The zero-order chi connectivity index (χ0) is 9.64. The van der Waals surface area contributed by atoms with E-state index in [0.717, 1.165) is 13.0 Å². The molecule has 0 saturated carbocycles. The quantitative estimate of drug-likeness (QED) is 0.831. The van der Waals surface area contributed by atoms with Gasteiger partial charge in [0.15, 0.2) is 0 Å². The summed E-state index contributed by atoms with van der Waals surface area (Å²) in [7, 11) is 0. The summed E-state index contributed by atoms with van der Waals surface area (Å²) < 4.78 is 0. The highest BCUT2D eigenvalue weighted by atomic mass is 32.1. The Balaban J connectivity index is 1.79. The van der Waals surface area contributed by atoms with Gasteiger partial charge in [-0.3, -0.25) is 0 Å². The highest BCUT2D eigenvalue weighted by Gasteiger charge is 1.94. The average Bonchev–Trinajstić information content (AvgIpc) is 2.72. The van der Waals surface area contributed by atoms with Crippen LogP contribution in [-0.4, -0.2) is 16.5 Å². The van der Waals surface area contributed by atoms with Crippen LogP contribution in [0.2, 0.25) is 0 Å². The molecule has 0 bridgehead atoms. The van der Waals surface area contributed by atoms with Crippen molar-refractivity contribution in [2.75, 3.05) is 11.9 Å². The first-order valence-corrected chi connectivity index (χ1v) is 5.36. The second-order valence-electron chi connectivity index (χ2n) is 2.83. The first-order valence-electron chi connectivity index (χ1n) is 4.48. The minimum atomic E-state index is 0.698. The lowest BCUT2D eigenvalue weighted by atomic mass is 10.3. The summed E-state index contributed by atoms with van der Waals surface area (Å²) in [6.07, 6.45) is 4.50. The summed E-state index contributed by atoms with van der Waals surface area (Å²) in [5, 5.41) is 5.26. The molecule has 2 aromatic heterocycles. The molecule has 0 unspecified atom stereocenters. The van der Waals surface area contributed by atoms with Gasteiger partial charge in [0.2, 0.25) is 5.95 Å². The Morgan fingerprint density at radius 3 is 2.79 bits per heavy atom. The number of rotatable bonds is 4. The van der Waals surface area contributed by atoms with Crippen LogP contribution in [0.4, 0.5) is 5.95 Å². The summed E-state index contributed by atoms with van der Waals surface area (Å²) in [6, 6.07) is 6.02. The molecule has 0 amide bonds. The van der Waals surface area contributed by atoms with Gasteiger partial charge >= 0.3 is 0 Å². The molecule has 0 spiro atoms. The number of hydrogen-bond acceptors (Lipinski definition) is 4. The van der Waals surface area contributed by atoms with Crippen LogP contribution in [0.25, 0.3) is 0 Å². The van der Waals surface area contributed by atoms with E-state index in [-0.39, 0.29) is 0 Å². The number of nitrogens with zero attached hydrogens (tertiary/aromatic N) is 2. The Hall–Kier alpha value is -1.42. The second kappa shape index (κ2) is 4.72. The molecular formula is C10H11N3S. The molecule has 3 nitrogen and oxygen atoms in total. The van der Waals surface area contributed by atoms with E-state index >= 15 is 0 Å². The molecule has 2 rings (SSSR count). The first-order chi connectivity index (χ1) is 6.95. The molecule has 0 aromatic carbocycles. The van der Waals surface area contributed by atoms with E-state index < -0.39 is 0 Å². The predicted molar refractivity (Wildman–Crippen MR) is 58.5 cm³/mol. The number of anilines is 1. The number of thiophene rings is 1. The Morgan fingerprint density at radius 1 is 1.21 bits per heavy atom. The standard InChI is InChI=1S/C10H11N3S/c1-3-9(14-8-1)4-7-13-10-11-5-2-6-12-10/h1-3,5-6,8H,4,7H2,(H,11,12,13). The molecule has 0 atom stereocenters. The molecule has 0 aliphatic carbocycles. The van der Waals surface area contributed by atoms with Gasteiger partial charge in [0.1, 0.15) is 0 Å². The topological polar surface area (TPSA) is 37.8 Å². The first kappa shape index (κ1) is 9.15. The summed E-state index contributed by atoms with van der Waals surface area (Å²) in [5.74, 6) is 0.698. The maximum Gasteiger partial charge on any atom is 0.222 e. The van der Waals surface area contributed by atoms with Gasteiger partial charge in [-0.1, -0.05) is 6.07 Å². The highest BCUT2D eigenvalue weighted by molar-refractivity contribution is 7.09. The van der Waals surface area contributed by atoms with Gasteiger partial charge in [0.05, 0.1) is 0 Å². The Labute approximate surface area is 86.8 Å². The van der Waals surface area contributed by atoms with Crippen LogP contribution in [-0.2, 0) is 6.42 Å². The van der Waals surface area contributed by atoms with Crippen molar-refractivity contribution in [1.82, 2.24) is 9.97 Å². The lowest BCUT2D eigenvalue weighted by Gasteiger charge is -2.01. The van der Waals surface area contributed by atoms with E-state index in [9.17, 15) is 0 Å². The van der Waals surface area contributed by atoms with Crippen molar-refractivity contribution in [3.8, 4) is 0 Å². The molecule has 2 heterocycles. The molecule has 0 aliphatic heterocycles. The predicted octanol–water partition coefficient (Wildman–Crippen LogP) is 2.19. The van der Waals surface area contributed by atoms with Gasteiger partial charge in [-0.05, 0) is 23.9 Å². The van der Waals surface area contributed by atoms with Crippen LogP contribution in [0.1, 0.15) is 4.88 Å². The maximum atomic E-state index is 4.08. The van der Waals surface area contributed by atoms with E-state index in [0.29, 0.717) is 5.95 Å². The van der Waals surface area contributed by atoms with Crippen LogP contribution >= 0.6 is 11.3 Å². The molecule has 1 N–H and O–H groups in total. The van der Waals surface area contributed by atoms with E-state index in [1.54, 1.807) is 23.7 Å². The van der Waals surface area contributed by atoms with Crippen LogP contribution < -0.4 is 5.32 Å². The molecule has 0 radical (unpaired) electrons. The average molecular weight is 205 g/mol. The van der Waals surface area contributed by atoms with E-state index in [4.69, 9.17) is 0 Å². The fourth-order valence-corrected chi connectivity index (χ4v) is 1.85. The molecule has 4 heteroatoms. The Bertz CT molecular complexity index is 358. The van der Waals surface area contributed by atoms with E-state index in [1.807, 2.05) is 6.07 Å². The Kier molecular flexibility index (Phi) is 3.08. The molecule has 0 fully saturated rings. The monoisotopic (exact) mass is 205 g/mol. The molecular weight excluding hydrogens is 194 g/mol. The van der Waals surface area contributed by atoms with E-state index in [1.165, 1.54) is 4.88 Å². The van der Waals surface area contributed by atoms with Gasteiger partial charge in [-0.25, -0.2) is 9.97 Å². The highest BCUT2D eigenvalue weighted by Crippen LogP contribution is 2.08. The normalized spacial score (nSPS) is 10.0. The van der Waals surface area contributed by atoms with Crippen molar-refractivity contribution in [1.29, 1.82) is 0 Å². The molecule has 0 aliphatic rings. The van der Waals surface area contributed by atoms with Crippen molar-refractivity contribution in [2.45, 2.75) is 6.42 Å². The lowest BCUT2D eigenvalue weighted by Crippen LogP contribution is -2.06. The lowest BCUT2D eigenvalue weighted by molar-refractivity contribution is 1.00. The number of aromatic nitrogens is 2. The molecule has 72 valence electrons. The maximum absolute atomic E-state index is 4.08. The zero-order valence-electron chi connectivity index (χ0n) is 7.68. The fourth-order valence-electron chi connectivity index (χ4n) is 1.14. The second-order valence-corrected chi connectivity index (χ2v) is 3.86. The van der Waals surface area contributed by atoms with Crippen LogP contribution in [0.3, 0.4) is 0 Å². The summed E-state index contributed by atoms with van der Waals surface area (Å²) in [5.41, 5.74) is 0. The molecule has 2 aromatic rings. The van der Waals surface area contributed by atoms with Gasteiger partial charge in [0, 0.05) is 23.8 Å². The third kappa shape index (κ3) is 2.53. The Morgan fingerprint density at radius 2 is 2.07 bits per heavy atom. The number of nitrogens with one attached hydrogen (secondary N) is 1. The summed E-state index contributed by atoms with van der Waals surface area (Å²) >= 11 is 1.78. The van der Waals surface area contributed by atoms with Crippen LogP contribution in [0.15, 0.2) is 36.0 Å². The smallest absolute Gasteiger partial charge is 0.222 e. The third-order valence-electron chi connectivity index (χ3n) is 1.80. The van der Waals surface area contributed by atoms with Crippen molar-refractivity contribution in [2.24, 2.45) is 0 Å². The molecule has 14 heavy (non-hydrogen) atoms.